The average Bonchev–Trinajstić information content (AvgIpc) is 2.57. The first-order valence-corrected chi connectivity index (χ1v) is 7.05. The maximum Gasteiger partial charge on any atom is 0.195 e. The van der Waals surface area contributed by atoms with Crippen LogP contribution in [-0.2, 0) is 6.61 Å². The van der Waals surface area contributed by atoms with Gasteiger partial charge in [0.25, 0.3) is 0 Å². The van der Waals surface area contributed by atoms with Gasteiger partial charge in [-0.3, -0.25) is 4.98 Å². The molecule has 0 unspecified atom stereocenters. The van der Waals surface area contributed by atoms with Gasteiger partial charge in [0.1, 0.15) is 6.61 Å². The summed E-state index contributed by atoms with van der Waals surface area (Å²) in [7, 11) is 0. The van der Waals surface area contributed by atoms with E-state index in [2.05, 4.69) is 20.5 Å². The molecule has 0 fully saturated rings. The second kappa shape index (κ2) is 6.87. The van der Waals surface area contributed by atoms with Crippen LogP contribution in [-0.4, -0.2) is 15.2 Å². The molecule has 0 spiro atoms. The van der Waals surface area contributed by atoms with Crippen molar-refractivity contribution in [3.63, 3.8) is 0 Å². The lowest BCUT2D eigenvalue weighted by molar-refractivity contribution is 0.306. The predicted octanol–water partition coefficient (Wildman–Crippen LogP) is 3.85. The Bertz CT molecular complexity index is 735. The zero-order valence-electron chi connectivity index (χ0n) is 11.6. The minimum Gasteiger partial charge on any atom is -0.485 e. The molecule has 0 aliphatic heterocycles. The Morgan fingerprint density at radius 2 is 1.73 bits per heavy atom. The van der Waals surface area contributed by atoms with Gasteiger partial charge < -0.3 is 10.1 Å². The summed E-state index contributed by atoms with van der Waals surface area (Å²) in [6.07, 6.45) is 5.06. The van der Waals surface area contributed by atoms with Gasteiger partial charge in [-0.1, -0.05) is 11.6 Å². The Morgan fingerprint density at radius 1 is 0.955 bits per heavy atom. The molecule has 0 aliphatic carbocycles. The summed E-state index contributed by atoms with van der Waals surface area (Å²) >= 11 is 5.88. The predicted molar refractivity (Wildman–Crippen MR) is 85.3 cm³/mol. The van der Waals surface area contributed by atoms with Crippen LogP contribution in [0.5, 0.6) is 5.75 Å². The van der Waals surface area contributed by atoms with Gasteiger partial charge in [-0.15, -0.1) is 5.10 Å². The number of nitrogens with one attached hydrogen (secondary N) is 1. The Hall–Kier alpha value is -2.66. The minimum absolute atomic E-state index is 0.434. The van der Waals surface area contributed by atoms with E-state index in [1.165, 1.54) is 0 Å². The van der Waals surface area contributed by atoms with Gasteiger partial charge in [-0.05, 0) is 42.0 Å². The van der Waals surface area contributed by atoms with E-state index >= 15 is 0 Å². The lowest BCUT2D eigenvalue weighted by Gasteiger charge is -2.11. The molecule has 0 aliphatic rings. The number of ether oxygens (including phenoxy) is 1. The number of benzene rings is 1. The van der Waals surface area contributed by atoms with E-state index in [9.17, 15) is 0 Å². The first kappa shape index (κ1) is 14.3. The van der Waals surface area contributed by atoms with Gasteiger partial charge in [-0.2, -0.15) is 5.10 Å². The number of hydrogen-bond acceptors (Lipinski definition) is 5. The third-order valence-corrected chi connectivity index (χ3v) is 3.19. The van der Waals surface area contributed by atoms with Crippen molar-refractivity contribution in [1.82, 2.24) is 15.2 Å². The SMILES string of the molecule is Clc1ccc(Nc2nnccc2OCc2ccncc2)cc1. The summed E-state index contributed by atoms with van der Waals surface area (Å²) in [4.78, 5) is 3.98. The Kier molecular flexibility index (Phi) is 4.46. The van der Waals surface area contributed by atoms with Gasteiger partial charge >= 0.3 is 0 Å². The molecule has 6 heteroatoms. The highest BCUT2D eigenvalue weighted by molar-refractivity contribution is 6.30. The number of nitrogens with zero attached hydrogens (tertiary/aromatic N) is 3. The monoisotopic (exact) mass is 312 g/mol. The zero-order chi connectivity index (χ0) is 15.2. The molecule has 0 saturated carbocycles. The van der Waals surface area contributed by atoms with Crippen LogP contribution in [0.3, 0.4) is 0 Å². The van der Waals surface area contributed by atoms with Crippen LogP contribution < -0.4 is 10.1 Å². The van der Waals surface area contributed by atoms with Gasteiger partial charge in [0.2, 0.25) is 0 Å². The van der Waals surface area contributed by atoms with Crippen LogP contribution in [0, 0.1) is 0 Å². The van der Waals surface area contributed by atoms with E-state index in [1.807, 2.05) is 24.3 Å². The van der Waals surface area contributed by atoms with E-state index in [0.29, 0.717) is 23.2 Å². The topological polar surface area (TPSA) is 59.9 Å². The standard InChI is InChI=1S/C16H13ClN4O/c17-13-1-3-14(4-2-13)20-16-15(7-10-19-21-16)22-11-12-5-8-18-9-6-12/h1-10H,11H2,(H,20,21). The van der Waals surface area contributed by atoms with Crippen molar-refractivity contribution in [2.24, 2.45) is 0 Å². The van der Waals surface area contributed by atoms with E-state index in [0.717, 1.165) is 11.3 Å². The van der Waals surface area contributed by atoms with Crippen molar-refractivity contribution < 1.29 is 4.74 Å². The third-order valence-electron chi connectivity index (χ3n) is 2.93. The first-order valence-electron chi connectivity index (χ1n) is 6.67. The summed E-state index contributed by atoms with van der Waals surface area (Å²) in [5.41, 5.74) is 1.89. The lowest BCUT2D eigenvalue weighted by Crippen LogP contribution is -2.02. The normalized spacial score (nSPS) is 10.2. The summed E-state index contributed by atoms with van der Waals surface area (Å²) < 4.78 is 5.80. The molecule has 110 valence electrons. The molecule has 2 aromatic heterocycles. The highest BCUT2D eigenvalue weighted by atomic mass is 35.5. The Labute approximate surface area is 133 Å². The van der Waals surface area contributed by atoms with Gasteiger partial charge in [0.15, 0.2) is 11.6 Å². The smallest absolute Gasteiger partial charge is 0.195 e. The van der Waals surface area contributed by atoms with Crippen LogP contribution in [0.25, 0.3) is 0 Å². The molecule has 0 saturated heterocycles. The maximum atomic E-state index is 5.88. The highest BCUT2D eigenvalue weighted by Gasteiger charge is 2.06. The van der Waals surface area contributed by atoms with E-state index in [1.54, 1.807) is 36.8 Å². The number of anilines is 2. The Balaban J connectivity index is 1.73. The van der Waals surface area contributed by atoms with E-state index in [-0.39, 0.29) is 0 Å². The molecule has 3 aromatic rings. The summed E-state index contributed by atoms with van der Waals surface area (Å²) in [5, 5.41) is 11.8. The summed E-state index contributed by atoms with van der Waals surface area (Å²) in [5.74, 6) is 1.18. The van der Waals surface area contributed by atoms with Gasteiger partial charge in [0.05, 0.1) is 6.20 Å². The Morgan fingerprint density at radius 3 is 2.50 bits per heavy atom. The molecule has 0 bridgehead atoms. The fraction of sp³-hybridized carbons (Fsp3) is 0.0625. The molecule has 0 atom stereocenters. The van der Waals surface area contributed by atoms with E-state index in [4.69, 9.17) is 16.3 Å². The van der Waals surface area contributed by atoms with Gasteiger partial charge in [-0.25, -0.2) is 0 Å². The summed E-state index contributed by atoms with van der Waals surface area (Å²) in [6.45, 7) is 0.434. The second-order valence-electron chi connectivity index (χ2n) is 4.52. The third kappa shape index (κ3) is 3.71. The number of aromatic nitrogens is 3. The van der Waals surface area contributed by atoms with E-state index < -0.39 is 0 Å². The van der Waals surface area contributed by atoms with Crippen molar-refractivity contribution >= 4 is 23.1 Å². The van der Waals surface area contributed by atoms with Crippen molar-refractivity contribution in [3.8, 4) is 5.75 Å². The van der Waals surface area contributed by atoms with Crippen LogP contribution in [0.1, 0.15) is 5.56 Å². The van der Waals surface area contributed by atoms with Crippen LogP contribution in [0.15, 0.2) is 61.1 Å². The van der Waals surface area contributed by atoms with Crippen LogP contribution in [0.4, 0.5) is 11.5 Å². The molecule has 1 aromatic carbocycles. The number of pyridine rings is 1. The number of halogens is 1. The van der Waals surface area contributed by atoms with Crippen LogP contribution >= 0.6 is 11.6 Å². The van der Waals surface area contributed by atoms with Crippen molar-refractivity contribution in [2.75, 3.05) is 5.32 Å². The highest BCUT2D eigenvalue weighted by Crippen LogP contribution is 2.25. The summed E-state index contributed by atoms with van der Waals surface area (Å²) in [6, 6.07) is 12.9. The first-order chi connectivity index (χ1) is 10.8. The number of hydrogen-bond donors (Lipinski definition) is 1. The number of rotatable bonds is 5. The van der Waals surface area contributed by atoms with Crippen molar-refractivity contribution in [1.29, 1.82) is 0 Å². The second-order valence-corrected chi connectivity index (χ2v) is 4.96. The molecule has 22 heavy (non-hydrogen) atoms. The quantitative estimate of drug-likeness (QED) is 0.775. The minimum atomic E-state index is 0.434. The lowest BCUT2D eigenvalue weighted by atomic mass is 10.3. The largest absolute Gasteiger partial charge is 0.485 e. The molecular formula is C16H13ClN4O. The average molecular weight is 313 g/mol. The molecule has 1 N–H and O–H groups in total. The zero-order valence-corrected chi connectivity index (χ0v) is 12.4. The fourth-order valence-corrected chi connectivity index (χ4v) is 1.96. The molecule has 0 amide bonds. The van der Waals surface area contributed by atoms with Crippen molar-refractivity contribution in [3.05, 3.63) is 71.6 Å². The molecular weight excluding hydrogens is 300 g/mol. The molecule has 3 rings (SSSR count). The maximum absolute atomic E-state index is 5.88. The van der Waals surface area contributed by atoms with Crippen molar-refractivity contribution in [2.45, 2.75) is 6.61 Å². The molecule has 0 radical (unpaired) electrons. The fourth-order valence-electron chi connectivity index (χ4n) is 1.83. The molecule has 2 heterocycles. The van der Waals surface area contributed by atoms with Crippen LogP contribution in [0.2, 0.25) is 5.02 Å². The van der Waals surface area contributed by atoms with Gasteiger partial charge in [0, 0.05) is 29.2 Å². The molecule has 5 nitrogen and oxygen atoms in total.